The Balaban J connectivity index is 3.07. The van der Waals surface area contributed by atoms with E-state index in [2.05, 4.69) is 22.6 Å². The van der Waals surface area contributed by atoms with Crippen molar-refractivity contribution in [3.8, 4) is 11.5 Å². The van der Waals surface area contributed by atoms with Gasteiger partial charge in [-0.05, 0) is 27.9 Å². The molecule has 0 atom stereocenters. The lowest BCUT2D eigenvalue weighted by Gasteiger charge is -2.05. The Labute approximate surface area is 91.7 Å². The first-order valence-electron chi connectivity index (χ1n) is 3.80. The highest BCUT2D eigenvalue weighted by molar-refractivity contribution is 14.1. The molecule has 0 amide bonds. The number of hydrogen-bond acceptors (Lipinski definition) is 2. The van der Waals surface area contributed by atoms with Crippen molar-refractivity contribution < 1.29 is 9.47 Å². The average molecular weight is 290 g/mol. The Bertz CT molecular complexity index is 286. The smallest absolute Gasteiger partial charge is 0.123 e. The van der Waals surface area contributed by atoms with Crippen molar-refractivity contribution in [3.05, 3.63) is 27.8 Å². The Morgan fingerprint density at radius 3 is 2.00 bits per heavy atom. The predicted octanol–water partition coefficient (Wildman–Crippen LogP) is 3.11. The molecule has 1 rings (SSSR count). The van der Waals surface area contributed by atoms with Gasteiger partial charge in [0.05, 0.1) is 14.2 Å². The summed E-state index contributed by atoms with van der Waals surface area (Å²) in [6, 6.07) is 5.76. The van der Waals surface area contributed by atoms with E-state index in [-0.39, 0.29) is 0 Å². The van der Waals surface area contributed by atoms with Crippen molar-refractivity contribution in [3.63, 3.8) is 0 Å². The monoisotopic (exact) mass is 290 g/mol. The molecule has 2 nitrogen and oxygen atoms in total. The normalized spacial score (nSPS) is 10.4. The van der Waals surface area contributed by atoms with E-state index in [1.807, 2.05) is 28.4 Å². The number of ether oxygens (including phenoxy) is 2. The van der Waals surface area contributed by atoms with Gasteiger partial charge in [-0.3, -0.25) is 0 Å². The molecule has 1 aromatic rings. The molecule has 0 aliphatic carbocycles. The minimum absolute atomic E-state index is 0.809. The summed E-state index contributed by atoms with van der Waals surface area (Å²) >= 11 is 2.18. The Morgan fingerprint density at radius 1 is 1.08 bits per heavy atom. The fraction of sp³-hybridized carbons (Fsp3) is 0.200. The van der Waals surface area contributed by atoms with Gasteiger partial charge in [-0.2, -0.15) is 0 Å². The maximum Gasteiger partial charge on any atom is 0.123 e. The van der Waals surface area contributed by atoms with E-state index >= 15 is 0 Å². The summed E-state index contributed by atoms with van der Waals surface area (Å²) < 4.78 is 12.2. The summed E-state index contributed by atoms with van der Waals surface area (Å²) in [5.41, 5.74) is 1.07. The summed E-state index contributed by atoms with van der Waals surface area (Å²) in [4.78, 5) is 0. The molecular formula is C10H11IO2. The van der Waals surface area contributed by atoms with Gasteiger partial charge in [0, 0.05) is 6.07 Å². The molecule has 0 radical (unpaired) electrons. The summed E-state index contributed by atoms with van der Waals surface area (Å²) in [5, 5.41) is 0. The van der Waals surface area contributed by atoms with Gasteiger partial charge >= 0.3 is 0 Å². The lowest BCUT2D eigenvalue weighted by atomic mass is 10.2. The van der Waals surface area contributed by atoms with E-state index in [0.717, 1.165) is 17.1 Å². The molecule has 0 aliphatic rings. The second-order valence-electron chi connectivity index (χ2n) is 2.44. The molecule has 0 N–H and O–H groups in total. The molecule has 3 heteroatoms. The van der Waals surface area contributed by atoms with Gasteiger partial charge in [-0.1, -0.05) is 22.6 Å². The van der Waals surface area contributed by atoms with Crippen LogP contribution in [-0.4, -0.2) is 14.2 Å². The highest BCUT2D eigenvalue weighted by atomic mass is 127. The molecule has 0 unspecified atom stereocenters. The molecule has 70 valence electrons. The van der Waals surface area contributed by atoms with E-state index in [0.29, 0.717) is 0 Å². The fourth-order valence-corrected chi connectivity index (χ4v) is 1.41. The van der Waals surface area contributed by atoms with Crippen LogP contribution in [0.5, 0.6) is 11.5 Å². The Morgan fingerprint density at radius 2 is 1.62 bits per heavy atom. The Kier molecular flexibility index (Phi) is 4.08. The first kappa shape index (κ1) is 10.4. The van der Waals surface area contributed by atoms with Crippen LogP contribution in [0.1, 0.15) is 5.56 Å². The van der Waals surface area contributed by atoms with Crippen LogP contribution in [-0.2, 0) is 0 Å². The van der Waals surface area contributed by atoms with Gasteiger partial charge < -0.3 is 9.47 Å². The largest absolute Gasteiger partial charge is 0.497 e. The second-order valence-corrected chi connectivity index (χ2v) is 3.16. The fourth-order valence-electron chi connectivity index (χ4n) is 0.998. The topological polar surface area (TPSA) is 18.5 Å². The van der Waals surface area contributed by atoms with Crippen LogP contribution in [0.4, 0.5) is 0 Å². The van der Waals surface area contributed by atoms with E-state index in [1.165, 1.54) is 0 Å². The first-order chi connectivity index (χ1) is 6.30. The van der Waals surface area contributed by atoms with Crippen molar-refractivity contribution >= 4 is 28.7 Å². The van der Waals surface area contributed by atoms with Crippen molar-refractivity contribution in [1.29, 1.82) is 0 Å². The van der Waals surface area contributed by atoms with Gasteiger partial charge in [0.25, 0.3) is 0 Å². The summed E-state index contributed by atoms with van der Waals surface area (Å²) in [5.74, 6) is 1.62. The van der Waals surface area contributed by atoms with E-state index < -0.39 is 0 Å². The maximum atomic E-state index is 5.13. The van der Waals surface area contributed by atoms with Crippen molar-refractivity contribution in [2.24, 2.45) is 0 Å². The molecule has 0 heterocycles. The molecule has 0 saturated heterocycles. The zero-order valence-corrected chi connectivity index (χ0v) is 9.74. The van der Waals surface area contributed by atoms with Crippen LogP contribution in [0, 0.1) is 0 Å². The molecule has 0 fully saturated rings. The Hall–Kier alpha value is -0.710. The van der Waals surface area contributed by atoms with Crippen molar-refractivity contribution in [2.75, 3.05) is 14.2 Å². The van der Waals surface area contributed by atoms with Crippen LogP contribution < -0.4 is 9.47 Å². The van der Waals surface area contributed by atoms with Gasteiger partial charge in [0.15, 0.2) is 0 Å². The molecule has 1 aromatic carbocycles. The van der Waals surface area contributed by atoms with Crippen LogP contribution in [0.25, 0.3) is 6.08 Å². The summed E-state index contributed by atoms with van der Waals surface area (Å²) in [7, 11) is 3.29. The highest BCUT2D eigenvalue weighted by Gasteiger charge is 1.98. The minimum atomic E-state index is 0.809. The van der Waals surface area contributed by atoms with Crippen LogP contribution in [0.15, 0.2) is 22.3 Å². The average Bonchev–Trinajstić information content (AvgIpc) is 2.17. The molecule has 0 saturated carbocycles. The number of hydrogen-bond donors (Lipinski definition) is 0. The molecule has 0 spiro atoms. The second kappa shape index (κ2) is 5.11. The van der Waals surface area contributed by atoms with Crippen LogP contribution in [0.3, 0.4) is 0 Å². The minimum Gasteiger partial charge on any atom is -0.497 e. The van der Waals surface area contributed by atoms with E-state index in [1.54, 1.807) is 14.2 Å². The predicted molar refractivity (Wildman–Crippen MR) is 62.6 cm³/mol. The van der Waals surface area contributed by atoms with Crippen LogP contribution in [0.2, 0.25) is 0 Å². The molecule has 0 aliphatic heterocycles. The van der Waals surface area contributed by atoms with Crippen molar-refractivity contribution in [2.45, 2.75) is 0 Å². The number of rotatable bonds is 3. The first-order valence-corrected chi connectivity index (χ1v) is 5.04. The van der Waals surface area contributed by atoms with Gasteiger partial charge in [-0.25, -0.2) is 0 Å². The number of methoxy groups -OCH3 is 2. The lowest BCUT2D eigenvalue weighted by molar-refractivity contribution is 0.394. The molecular weight excluding hydrogens is 279 g/mol. The van der Waals surface area contributed by atoms with E-state index in [4.69, 9.17) is 9.47 Å². The number of halogens is 1. The van der Waals surface area contributed by atoms with Gasteiger partial charge in [0.1, 0.15) is 11.5 Å². The summed E-state index contributed by atoms with van der Waals surface area (Å²) in [6.07, 6.45) is 1.99. The SMILES string of the molecule is COc1cc(/C=C/I)cc(OC)c1. The van der Waals surface area contributed by atoms with Crippen molar-refractivity contribution in [1.82, 2.24) is 0 Å². The molecule has 13 heavy (non-hydrogen) atoms. The molecule has 0 bridgehead atoms. The third kappa shape index (κ3) is 2.91. The zero-order valence-electron chi connectivity index (χ0n) is 7.58. The maximum absolute atomic E-state index is 5.13. The van der Waals surface area contributed by atoms with E-state index in [9.17, 15) is 0 Å². The summed E-state index contributed by atoms with van der Waals surface area (Å²) in [6.45, 7) is 0. The highest BCUT2D eigenvalue weighted by Crippen LogP contribution is 2.23. The van der Waals surface area contributed by atoms with Gasteiger partial charge in [-0.15, -0.1) is 0 Å². The third-order valence-electron chi connectivity index (χ3n) is 1.63. The third-order valence-corrected chi connectivity index (χ3v) is 1.99. The standard InChI is InChI=1S/C10H11IO2/c1-12-9-5-8(3-4-11)6-10(7-9)13-2/h3-7H,1-2H3/b4-3+. The zero-order chi connectivity index (χ0) is 9.68. The molecule has 0 aromatic heterocycles. The van der Waals surface area contributed by atoms with Crippen LogP contribution >= 0.6 is 22.6 Å². The quantitative estimate of drug-likeness (QED) is 0.796. The number of benzene rings is 1. The van der Waals surface area contributed by atoms with Gasteiger partial charge in [0.2, 0.25) is 0 Å². The lowest BCUT2D eigenvalue weighted by Crippen LogP contribution is -1.87.